The summed E-state index contributed by atoms with van der Waals surface area (Å²) in [4.78, 5) is 32.9. The molecule has 32 heavy (non-hydrogen) atoms. The molecule has 0 saturated carbocycles. The van der Waals surface area contributed by atoms with Crippen molar-refractivity contribution in [1.29, 1.82) is 0 Å². The third-order valence-electron chi connectivity index (χ3n) is 5.17. The van der Waals surface area contributed by atoms with E-state index in [1.54, 1.807) is 41.4 Å². The van der Waals surface area contributed by atoms with Gasteiger partial charge in [-0.05, 0) is 31.3 Å². The molecule has 9 nitrogen and oxygen atoms in total. The molecule has 0 unspecified atom stereocenters. The number of amides is 2. The van der Waals surface area contributed by atoms with Crippen molar-refractivity contribution in [3.8, 4) is 5.69 Å². The summed E-state index contributed by atoms with van der Waals surface area (Å²) in [5.41, 5.74) is 7.22. The van der Waals surface area contributed by atoms with Gasteiger partial charge < -0.3 is 20.9 Å². The van der Waals surface area contributed by atoms with Crippen LogP contribution in [0.5, 0.6) is 0 Å². The summed E-state index contributed by atoms with van der Waals surface area (Å²) in [5, 5.41) is 8.05. The number of hydrogen-bond donors (Lipinski definition) is 2. The molecule has 1 aliphatic rings. The van der Waals surface area contributed by atoms with Gasteiger partial charge in [0, 0.05) is 26.2 Å². The average molecular weight is 474 g/mol. The number of pyridine rings is 1. The standard InChI is InChI=1S/C21H21Cl2N7O2/c1-28-7-9-29(10-8-28)21(32)16-6-5-13(11-25-16)26-17-12-30(27-18(17)20(24)31)19-14(22)3-2-4-15(19)23/h2-6,11-12,26H,7-10H2,1H3,(H2,24,31). The molecule has 3 N–H and O–H groups in total. The van der Waals surface area contributed by atoms with Crippen molar-refractivity contribution < 1.29 is 9.59 Å². The number of nitrogens with two attached hydrogens (primary N) is 1. The Labute approximate surface area is 194 Å². The number of piperazine rings is 1. The van der Waals surface area contributed by atoms with Crippen LogP contribution in [0.15, 0.2) is 42.7 Å². The SMILES string of the molecule is CN1CCN(C(=O)c2ccc(Nc3cn(-c4c(Cl)cccc4Cl)nc3C(N)=O)cn2)CC1. The number of para-hydroxylation sites is 1. The van der Waals surface area contributed by atoms with Crippen LogP contribution in [0.25, 0.3) is 5.69 Å². The highest BCUT2D eigenvalue weighted by molar-refractivity contribution is 6.37. The maximum atomic E-state index is 12.7. The molecule has 3 aromatic rings. The second kappa shape index (κ2) is 9.15. The van der Waals surface area contributed by atoms with Crippen LogP contribution in [0.3, 0.4) is 0 Å². The smallest absolute Gasteiger partial charge is 0.272 e. The van der Waals surface area contributed by atoms with Crippen LogP contribution in [0.2, 0.25) is 10.0 Å². The summed E-state index contributed by atoms with van der Waals surface area (Å²) in [6, 6.07) is 8.40. The molecular weight excluding hydrogens is 453 g/mol. The largest absolute Gasteiger partial charge is 0.364 e. The zero-order valence-electron chi connectivity index (χ0n) is 17.3. The minimum absolute atomic E-state index is 0.0126. The van der Waals surface area contributed by atoms with Crippen molar-refractivity contribution in [3.05, 3.63) is 64.2 Å². The van der Waals surface area contributed by atoms with Crippen LogP contribution < -0.4 is 11.1 Å². The lowest BCUT2D eigenvalue weighted by Crippen LogP contribution is -2.47. The number of aromatic nitrogens is 3. The monoisotopic (exact) mass is 473 g/mol. The van der Waals surface area contributed by atoms with Gasteiger partial charge in [0.15, 0.2) is 5.69 Å². The lowest BCUT2D eigenvalue weighted by molar-refractivity contribution is 0.0658. The van der Waals surface area contributed by atoms with Crippen LogP contribution in [-0.4, -0.2) is 69.6 Å². The molecule has 3 heterocycles. The Morgan fingerprint density at radius 1 is 1.06 bits per heavy atom. The number of anilines is 2. The minimum atomic E-state index is -0.718. The van der Waals surface area contributed by atoms with Crippen LogP contribution in [-0.2, 0) is 0 Å². The van der Waals surface area contributed by atoms with Gasteiger partial charge in [0.2, 0.25) is 0 Å². The van der Waals surface area contributed by atoms with E-state index in [1.165, 1.54) is 10.9 Å². The van der Waals surface area contributed by atoms with Gasteiger partial charge in [-0.25, -0.2) is 9.67 Å². The Kier molecular flexibility index (Phi) is 6.31. The summed E-state index contributed by atoms with van der Waals surface area (Å²) in [7, 11) is 2.03. The second-order valence-electron chi connectivity index (χ2n) is 7.42. The number of carbonyl (C=O) groups is 2. The Bertz CT molecular complexity index is 1140. The Morgan fingerprint density at radius 2 is 1.75 bits per heavy atom. The quantitative estimate of drug-likeness (QED) is 0.589. The van der Waals surface area contributed by atoms with Crippen LogP contribution >= 0.6 is 23.2 Å². The van der Waals surface area contributed by atoms with Gasteiger partial charge in [-0.1, -0.05) is 29.3 Å². The Balaban J connectivity index is 1.56. The van der Waals surface area contributed by atoms with E-state index in [1.807, 2.05) is 7.05 Å². The minimum Gasteiger partial charge on any atom is -0.364 e. The van der Waals surface area contributed by atoms with Crippen LogP contribution in [0.1, 0.15) is 21.0 Å². The van der Waals surface area contributed by atoms with Crippen molar-refractivity contribution in [2.45, 2.75) is 0 Å². The summed E-state index contributed by atoms with van der Waals surface area (Å²) in [6.07, 6.45) is 3.09. The molecule has 2 amide bonds. The molecule has 0 radical (unpaired) electrons. The molecule has 0 bridgehead atoms. The summed E-state index contributed by atoms with van der Waals surface area (Å²) >= 11 is 12.5. The number of benzene rings is 1. The first-order valence-corrected chi connectivity index (χ1v) is 10.6. The molecule has 1 fully saturated rings. The van der Waals surface area contributed by atoms with E-state index >= 15 is 0 Å². The van der Waals surface area contributed by atoms with E-state index in [9.17, 15) is 9.59 Å². The van der Waals surface area contributed by atoms with E-state index in [-0.39, 0.29) is 11.6 Å². The molecule has 166 valence electrons. The van der Waals surface area contributed by atoms with E-state index in [2.05, 4.69) is 20.3 Å². The topological polar surface area (TPSA) is 109 Å². The predicted octanol–water partition coefficient (Wildman–Crippen LogP) is 2.80. The van der Waals surface area contributed by atoms with Gasteiger partial charge in [-0.3, -0.25) is 9.59 Å². The third kappa shape index (κ3) is 4.55. The Hall–Kier alpha value is -3.14. The summed E-state index contributed by atoms with van der Waals surface area (Å²) < 4.78 is 1.39. The van der Waals surface area contributed by atoms with E-state index in [0.29, 0.717) is 45.9 Å². The lowest BCUT2D eigenvalue weighted by atomic mass is 10.2. The lowest BCUT2D eigenvalue weighted by Gasteiger charge is -2.32. The highest BCUT2D eigenvalue weighted by Crippen LogP contribution is 2.30. The molecule has 1 aromatic carbocycles. The molecule has 1 saturated heterocycles. The molecular formula is C21H21Cl2N7O2. The van der Waals surface area contributed by atoms with Crippen molar-refractivity contribution >= 4 is 46.4 Å². The molecule has 11 heteroatoms. The zero-order valence-corrected chi connectivity index (χ0v) is 18.8. The van der Waals surface area contributed by atoms with Gasteiger partial charge in [-0.2, -0.15) is 5.10 Å². The number of nitrogens with one attached hydrogen (secondary N) is 1. The number of halogens is 2. The van der Waals surface area contributed by atoms with Gasteiger partial charge in [0.1, 0.15) is 11.4 Å². The maximum Gasteiger partial charge on any atom is 0.272 e. The highest BCUT2D eigenvalue weighted by Gasteiger charge is 2.22. The molecule has 1 aliphatic heterocycles. The number of hydrogen-bond acceptors (Lipinski definition) is 6. The zero-order chi connectivity index (χ0) is 22.8. The molecule has 0 aliphatic carbocycles. The molecule has 4 rings (SSSR count). The van der Waals surface area contributed by atoms with Gasteiger partial charge >= 0.3 is 0 Å². The first-order valence-electron chi connectivity index (χ1n) is 9.88. The summed E-state index contributed by atoms with van der Waals surface area (Å²) in [6.45, 7) is 3.01. The first kappa shape index (κ1) is 22.1. The van der Waals surface area contributed by atoms with Crippen molar-refractivity contribution in [2.24, 2.45) is 5.73 Å². The number of rotatable bonds is 5. The molecule has 0 atom stereocenters. The Morgan fingerprint density at radius 3 is 2.34 bits per heavy atom. The van der Waals surface area contributed by atoms with Crippen molar-refractivity contribution in [1.82, 2.24) is 24.6 Å². The average Bonchev–Trinajstić information content (AvgIpc) is 3.18. The second-order valence-corrected chi connectivity index (χ2v) is 8.24. The molecule has 2 aromatic heterocycles. The maximum absolute atomic E-state index is 12.7. The molecule has 0 spiro atoms. The fourth-order valence-corrected chi connectivity index (χ4v) is 3.96. The number of carbonyl (C=O) groups excluding carboxylic acids is 2. The predicted molar refractivity (Wildman–Crippen MR) is 123 cm³/mol. The van der Waals surface area contributed by atoms with Crippen molar-refractivity contribution in [2.75, 3.05) is 38.5 Å². The first-order chi connectivity index (χ1) is 15.3. The number of primary amides is 1. The van der Waals surface area contributed by atoms with E-state index < -0.39 is 5.91 Å². The van der Waals surface area contributed by atoms with Gasteiger partial charge in [0.05, 0.1) is 33.8 Å². The summed E-state index contributed by atoms with van der Waals surface area (Å²) in [5.74, 6) is -0.826. The highest BCUT2D eigenvalue weighted by atomic mass is 35.5. The van der Waals surface area contributed by atoms with Crippen LogP contribution in [0, 0.1) is 0 Å². The number of nitrogens with zero attached hydrogens (tertiary/aromatic N) is 5. The van der Waals surface area contributed by atoms with Crippen LogP contribution in [0.4, 0.5) is 11.4 Å². The van der Waals surface area contributed by atoms with Gasteiger partial charge in [-0.15, -0.1) is 0 Å². The number of likely N-dealkylation sites (N-methyl/N-ethyl adjacent to an activating group) is 1. The van der Waals surface area contributed by atoms with Gasteiger partial charge in [0.25, 0.3) is 11.8 Å². The third-order valence-corrected chi connectivity index (χ3v) is 5.78. The van der Waals surface area contributed by atoms with Crippen molar-refractivity contribution in [3.63, 3.8) is 0 Å². The normalized spacial score (nSPS) is 14.4. The van der Waals surface area contributed by atoms with E-state index in [4.69, 9.17) is 28.9 Å². The van der Waals surface area contributed by atoms with E-state index in [0.717, 1.165) is 13.1 Å². The fourth-order valence-electron chi connectivity index (χ4n) is 3.39. The fraction of sp³-hybridized carbons (Fsp3) is 0.238.